The summed E-state index contributed by atoms with van der Waals surface area (Å²) in [5.41, 5.74) is 1.59. The molecule has 7 heteroatoms. The molecule has 1 amide bonds. The van der Waals surface area contributed by atoms with Gasteiger partial charge in [0.05, 0.1) is 16.6 Å². The highest BCUT2D eigenvalue weighted by molar-refractivity contribution is 7.92. The van der Waals surface area contributed by atoms with Crippen LogP contribution < -0.4 is 9.62 Å². The van der Waals surface area contributed by atoms with Gasteiger partial charge in [-0.05, 0) is 43.7 Å². The maximum absolute atomic E-state index is 14.5. The summed E-state index contributed by atoms with van der Waals surface area (Å²) in [6, 6.07) is 20.7. The number of aryl methyl sites for hydroxylation is 1. The van der Waals surface area contributed by atoms with Crippen molar-refractivity contribution in [2.45, 2.75) is 24.8 Å². The highest BCUT2D eigenvalue weighted by Crippen LogP contribution is 2.26. The number of hydrogen-bond donors (Lipinski definition) is 1. The normalized spacial score (nSPS) is 12.2. The van der Waals surface area contributed by atoms with E-state index in [0.717, 1.165) is 21.5 Å². The molecule has 0 saturated carbocycles. The second-order valence-electron chi connectivity index (χ2n) is 6.98. The zero-order valence-corrected chi connectivity index (χ0v) is 17.6. The SMILES string of the molecule is Cc1ccc(S(=O)(=O)N(CC(=O)N[C@H](C)c2ccccc2)c2ccccc2F)cc1. The average molecular weight is 427 g/mol. The first-order valence-corrected chi connectivity index (χ1v) is 10.9. The van der Waals surface area contributed by atoms with Crippen molar-refractivity contribution >= 4 is 21.6 Å². The summed E-state index contributed by atoms with van der Waals surface area (Å²) in [4.78, 5) is 12.7. The lowest BCUT2D eigenvalue weighted by atomic mass is 10.1. The fraction of sp³-hybridized carbons (Fsp3) is 0.174. The van der Waals surface area contributed by atoms with Crippen molar-refractivity contribution in [1.29, 1.82) is 0 Å². The number of para-hydroxylation sites is 1. The van der Waals surface area contributed by atoms with Crippen molar-refractivity contribution in [3.8, 4) is 0 Å². The fourth-order valence-electron chi connectivity index (χ4n) is 3.03. The molecule has 156 valence electrons. The third-order valence-corrected chi connectivity index (χ3v) is 6.47. The van der Waals surface area contributed by atoms with E-state index in [0.29, 0.717) is 0 Å². The molecule has 5 nitrogen and oxygen atoms in total. The lowest BCUT2D eigenvalue weighted by Crippen LogP contribution is -2.42. The van der Waals surface area contributed by atoms with Gasteiger partial charge in [-0.25, -0.2) is 12.8 Å². The van der Waals surface area contributed by atoms with Crippen molar-refractivity contribution in [3.05, 3.63) is 95.8 Å². The van der Waals surface area contributed by atoms with E-state index < -0.39 is 28.3 Å². The molecule has 0 aliphatic carbocycles. The molecule has 1 N–H and O–H groups in total. The number of hydrogen-bond acceptors (Lipinski definition) is 3. The second-order valence-corrected chi connectivity index (χ2v) is 8.84. The number of benzene rings is 3. The maximum Gasteiger partial charge on any atom is 0.264 e. The first kappa shape index (κ1) is 21.5. The number of carbonyl (C=O) groups is 1. The molecule has 0 radical (unpaired) electrons. The third kappa shape index (κ3) is 4.86. The largest absolute Gasteiger partial charge is 0.348 e. The van der Waals surface area contributed by atoms with Gasteiger partial charge in [0.1, 0.15) is 12.4 Å². The van der Waals surface area contributed by atoms with Crippen LogP contribution in [0.25, 0.3) is 0 Å². The van der Waals surface area contributed by atoms with E-state index in [1.165, 1.54) is 30.3 Å². The minimum atomic E-state index is -4.16. The summed E-state index contributed by atoms with van der Waals surface area (Å²) in [6.45, 7) is 3.09. The fourth-order valence-corrected chi connectivity index (χ4v) is 4.46. The predicted octanol–water partition coefficient (Wildman–Crippen LogP) is 4.21. The van der Waals surface area contributed by atoms with Crippen LogP contribution in [0.15, 0.2) is 83.8 Å². The van der Waals surface area contributed by atoms with Crippen LogP contribution in [-0.2, 0) is 14.8 Å². The van der Waals surface area contributed by atoms with E-state index in [9.17, 15) is 17.6 Å². The number of halogens is 1. The summed E-state index contributed by atoms with van der Waals surface area (Å²) >= 11 is 0. The number of anilines is 1. The Kier molecular flexibility index (Phi) is 6.52. The Hall–Kier alpha value is -3.19. The van der Waals surface area contributed by atoms with Gasteiger partial charge in [0.15, 0.2) is 0 Å². The molecule has 30 heavy (non-hydrogen) atoms. The summed E-state index contributed by atoms with van der Waals surface area (Å²) in [7, 11) is -4.16. The number of carbonyl (C=O) groups excluding carboxylic acids is 1. The van der Waals surface area contributed by atoms with Crippen molar-refractivity contribution in [2.75, 3.05) is 10.8 Å². The van der Waals surface area contributed by atoms with Crippen molar-refractivity contribution < 1.29 is 17.6 Å². The molecule has 0 bridgehead atoms. The van der Waals surface area contributed by atoms with Gasteiger partial charge in [-0.3, -0.25) is 9.10 Å². The van der Waals surface area contributed by atoms with Crippen molar-refractivity contribution in [3.63, 3.8) is 0 Å². The van der Waals surface area contributed by atoms with Crippen LogP contribution in [0.4, 0.5) is 10.1 Å². The molecule has 0 aliphatic rings. The van der Waals surface area contributed by atoms with Crippen LogP contribution in [0.3, 0.4) is 0 Å². The van der Waals surface area contributed by atoms with Crippen LogP contribution in [0, 0.1) is 12.7 Å². The standard InChI is InChI=1S/C23H23FN2O3S/c1-17-12-14-20(15-13-17)30(28,29)26(22-11-7-6-10-21(22)24)16-23(27)25-18(2)19-8-4-3-5-9-19/h3-15,18H,16H2,1-2H3,(H,25,27)/t18-/m1/s1. The zero-order valence-electron chi connectivity index (χ0n) is 16.7. The van der Waals surface area contributed by atoms with E-state index in [2.05, 4.69) is 5.32 Å². The van der Waals surface area contributed by atoms with Crippen LogP contribution in [0.1, 0.15) is 24.1 Å². The molecule has 0 fully saturated rings. The van der Waals surface area contributed by atoms with E-state index in [-0.39, 0.29) is 16.6 Å². The number of rotatable bonds is 7. The summed E-state index contributed by atoms with van der Waals surface area (Å²) < 4.78 is 41.8. The number of nitrogens with one attached hydrogen (secondary N) is 1. The molecule has 1 atom stereocenters. The molecule has 0 heterocycles. The highest BCUT2D eigenvalue weighted by Gasteiger charge is 2.29. The molecule has 0 saturated heterocycles. The second kappa shape index (κ2) is 9.09. The Bertz CT molecular complexity index is 1120. The lowest BCUT2D eigenvalue weighted by Gasteiger charge is -2.25. The lowest BCUT2D eigenvalue weighted by molar-refractivity contribution is -0.120. The van der Waals surface area contributed by atoms with Gasteiger partial charge in [0.2, 0.25) is 5.91 Å². The minimum absolute atomic E-state index is 0.0136. The monoisotopic (exact) mass is 426 g/mol. The Balaban J connectivity index is 1.91. The van der Waals surface area contributed by atoms with Gasteiger partial charge in [0.25, 0.3) is 10.0 Å². The van der Waals surface area contributed by atoms with Crippen molar-refractivity contribution in [2.24, 2.45) is 0 Å². The van der Waals surface area contributed by atoms with E-state index in [1.807, 2.05) is 37.3 Å². The molecule has 0 spiro atoms. The van der Waals surface area contributed by atoms with Gasteiger partial charge in [0, 0.05) is 0 Å². The topological polar surface area (TPSA) is 66.5 Å². The Morgan fingerprint density at radius 1 is 0.967 bits per heavy atom. The van der Waals surface area contributed by atoms with E-state index >= 15 is 0 Å². The quantitative estimate of drug-likeness (QED) is 0.616. The summed E-state index contributed by atoms with van der Waals surface area (Å²) in [5, 5.41) is 2.78. The van der Waals surface area contributed by atoms with Crippen LogP contribution in [-0.4, -0.2) is 20.9 Å². The minimum Gasteiger partial charge on any atom is -0.348 e. The Morgan fingerprint density at radius 2 is 1.57 bits per heavy atom. The van der Waals surface area contributed by atoms with Crippen molar-refractivity contribution in [1.82, 2.24) is 5.32 Å². The molecular weight excluding hydrogens is 403 g/mol. The van der Waals surface area contributed by atoms with Crippen LogP contribution >= 0.6 is 0 Å². The summed E-state index contributed by atoms with van der Waals surface area (Å²) in [5.74, 6) is -1.26. The van der Waals surface area contributed by atoms with Gasteiger partial charge >= 0.3 is 0 Å². The smallest absolute Gasteiger partial charge is 0.264 e. The van der Waals surface area contributed by atoms with Gasteiger partial charge in [-0.1, -0.05) is 60.2 Å². The zero-order chi connectivity index (χ0) is 21.7. The average Bonchev–Trinajstić information content (AvgIpc) is 2.73. The number of sulfonamides is 1. The first-order valence-electron chi connectivity index (χ1n) is 9.47. The highest BCUT2D eigenvalue weighted by atomic mass is 32.2. The van der Waals surface area contributed by atoms with Crippen LogP contribution in [0.2, 0.25) is 0 Å². The molecule has 3 aromatic rings. The number of nitrogens with zero attached hydrogens (tertiary/aromatic N) is 1. The molecule has 3 aromatic carbocycles. The predicted molar refractivity (Wildman–Crippen MR) is 115 cm³/mol. The van der Waals surface area contributed by atoms with Gasteiger partial charge in [-0.15, -0.1) is 0 Å². The molecular formula is C23H23FN2O3S. The third-order valence-electron chi connectivity index (χ3n) is 4.69. The number of amides is 1. The molecule has 0 aliphatic heterocycles. The Labute approximate surface area is 176 Å². The summed E-state index contributed by atoms with van der Waals surface area (Å²) in [6.07, 6.45) is 0. The maximum atomic E-state index is 14.5. The van der Waals surface area contributed by atoms with Gasteiger partial charge in [-0.2, -0.15) is 0 Å². The Morgan fingerprint density at radius 3 is 2.20 bits per heavy atom. The molecule has 0 aromatic heterocycles. The van der Waals surface area contributed by atoms with Crippen LogP contribution in [0.5, 0.6) is 0 Å². The van der Waals surface area contributed by atoms with E-state index in [4.69, 9.17) is 0 Å². The molecule has 0 unspecified atom stereocenters. The van der Waals surface area contributed by atoms with Gasteiger partial charge < -0.3 is 5.32 Å². The van der Waals surface area contributed by atoms with E-state index in [1.54, 1.807) is 19.1 Å². The first-order chi connectivity index (χ1) is 14.3. The molecule has 3 rings (SSSR count).